The normalized spacial score (nSPS) is 10.6. The fourth-order valence-electron chi connectivity index (χ4n) is 1.51. The molecule has 0 saturated heterocycles. The van der Waals surface area contributed by atoms with E-state index in [4.69, 9.17) is 16.3 Å². The number of carbonyl (C=O) groups excluding carboxylic acids is 1. The third kappa shape index (κ3) is 4.60. The van der Waals surface area contributed by atoms with Gasteiger partial charge in [0, 0.05) is 11.1 Å². The van der Waals surface area contributed by atoms with E-state index in [2.05, 4.69) is 0 Å². The van der Waals surface area contributed by atoms with Crippen molar-refractivity contribution in [3.63, 3.8) is 0 Å². The summed E-state index contributed by atoms with van der Waals surface area (Å²) in [6.07, 6.45) is 3.11. The van der Waals surface area contributed by atoms with E-state index in [1.54, 1.807) is 18.2 Å². The Kier molecular flexibility index (Phi) is 4.76. The number of hydrogen-bond acceptors (Lipinski definition) is 2. The van der Waals surface area contributed by atoms with Crippen LogP contribution in [-0.4, -0.2) is 5.97 Å². The van der Waals surface area contributed by atoms with Gasteiger partial charge in [0.2, 0.25) is 0 Å². The molecule has 3 heteroatoms. The summed E-state index contributed by atoms with van der Waals surface area (Å²) < 4.78 is 5.12. The van der Waals surface area contributed by atoms with Crippen molar-refractivity contribution in [1.82, 2.24) is 0 Å². The van der Waals surface area contributed by atoms with E-state index in [-0.39, 0.29) is 12.6 Å². The van der Waals surface area contributed by atoms with E-state index in [9.17, 15) is 4.79 Å². The highest BCUT2D eigenvalue weighted by atomic mass is 35.5. The first kappa shape index (κ1) is 13.4. The molecule has 2 aromatic rings. The molecule has 0 aliphatic rings. The quantitative estimate of drug-likeness (QED) is 0.619. The molecule has 0 heterocycles. The van der Waals surface area contributed by atoms with Gasteiger partial charge in [0.1, 0.15) is 6.61 Å². The molecule has 2 nitrogen and oxygen atoms in total. The molecule has 2 aromatic carbocycles. The summed E-state index contributed by atoms with van der Waals surface area (Å²) in [6, 6.07) is 16.8. The van der Waals surface area contributed by atoms with Gasteiger partial charge in [-0.3, -0.25) is 0 Å². The van der Waals surface area contributed by atoms with Crippen LogP contribution in [0, 0.1) is 0 Å². The topological polar surface area (TPSA) is 26.3 Å². The van der Waals surface area contributed by atoms with Gasteiger partial charge < -0.3 is 4.74 Å². The number of esters is 1. The smallest absolute Gasteiger partial charge is 0.331 e. The van der Waals surface area contributed by atoms with Crippen molar-refractivity contribution in [2.45, 2.75) is 6.61 Å². The zero-order valence-corrected chi connectivity index (χ0v) is 11.0. The lowest BCUT2D eigenvalue weighted by Crippen LogP contribution is -2.00. The Morgan fingerprint density at radius 2 is 1.74 bits per heavy atom. The number of hydrogen-bond donors (Lipinski definition) is 0. The molecule has 2 rings (SSSR count). The summed E-state index contributed by atoms with van der Waals surface area (Å²) in [5.74, 6) is -0.362. The molecule has 0 spiro atoms. The van der Waals surface area contributed by atoms with Gasteiger partial charge in [-0.2, -0.15) is 0 Å². The van der Waals surface area contributed by atoms with Crippen LogP contribution in [-0.2, 0) is 16.1 Å². The fourth-order valence-corrected chi connectivity index (χ4v) is 1.64. The summed E-state index contributed by atoms with van der Waals surface area (Å²) in [5.41, 5.74) is 1.87. The molecule has 0 aromatic heterocycles. The average molecular weight is 273 g/mol. The SMILES string of the molecule is O=C(/C=C/c1ccc(Cl)cc1)OCc1ccccc1. The Balaban J connectivity index is 1.86. The van der Waals surface area contributed by atoms with Gasteiger partial charge in [-0.15, -0.1) is 0 Å². The van der Waals surface area contributed by atoms with Crippen molar-refractivity contribution < 1.29 is 9.53 Å². The molecule has 0 amide bonds. The number of halogens is 1. The van der Waals surface area contributed by atoms with Crippen molar-refractivity contribution >= 4 is 23.6 Å². The molecule has 19 heavy (non-hydrogen) atoms. The van der Waals surface area contributed by atoms with Gasteiger partial charge in [-0.05, 0) is 29.3 Å². The van der Waals surface area contributed by atoms with Crippen LogP contribution in [0.15, 0.2) is 60.7 Å². The first-order chi connectivity index (χ1) is 9.24. The van der Waals surface area contributed by atoms with E-state index in [0.29, 0.717) is 5.02 Å². The van der Waals surface area contributed by atoms with Crippen LogP contribution in [0.4, 0.5) is 0 Å². The summed E-state index contributed by atoms with van der Waals surface area (Å²) in [6.45, 7) is 0.282. The van der Waals surface area contributed by atoms with Crippen LogP contribution in [0.1, 0.15) is 11.1 Å². The molecule has 0 aliphatic carbocycles. The molecule has 0 radical (unpaired) electrons. The zero-order valence-electron chi connectivity index (χ0n) is 10.3. The summed E-state index contributed by atoms with van der Waals surface area (Å²) in [4.78, 5) is 11.5. The molecule has 0 atom stereocenters. The lowest BCUT2D eigenvalue weighted by Gasteiger charge is -2.01. The lowest BCUT2D eigenvalue weighted by molar-refractivity contribution is -0.138. The van der Waals surface area contributed by atoms with Gasteiger partial charge in [0.05, 0.1) is 0 Å². The molecule has 0 unspecified atom stereocenters. The van der Waals surface area contributed by atoms with Crippen LogP contribution >= 0.6 is 11.6 Å². The molecule has 0 bridgehead atoms. The van der Waals surface area contributed by atoms with E-state index in [1.165, 1.54) is 6.08 Å². The third-order valence-corrected chi connectivity index (χ3v) is 2.76. The van der Waals surface area contributed by atoms with E-state index in [1.807, 2.05) is 42.5 Å². The second kappa shape index (κ2) is 6.76. The first-order valence-electron chi connectivity index (χ1n) is 5.88. The average Bonchev–Trinajstić information content (AvgIpc) is 2.45. The Bertz CT molecular complexity index is 559. The largest absolute Gasteiger partial charge is 0.458 e. The summed E-state index contributed by atoms with van der Waals surface area (Å²) in [5, 5.41) is 0.670. The molecule has 0 saturated carbocycles. The number of benzene rings is 2. The second-order valence-corrected chi connectivity index (χ2v) is 4.41. The Hall–Kier alpha value is -2.06. The van der Waals surface area contributed by atoms with E-state index >= 15 is 0 Å². The van der Waals surface area contributed by atoms with Crippen LogP contribution in [0.25, 0.3) is 6.08 Å². The van der Waals surface area contributed by atoms with Crippen LogP contribution in [0.2, 0.25) is 5.02 Å². The monoisotopic (exact) mass is 272 g/mol. The van der Waals surface area contributed by atoms with Crippen molar-refractivity contribution in [3.8, 4) is 0 Å². The zero-order chi connectivity index (χ0) is 13.5. The van der Waals surface area contributed by atoms with E-state index in [0.717, 1.165) is 11.1 Å². The van der Waals surface area contributed by atoms with Crippen molar-refractivity contribution in [1.29, 1.82) is 0 Å². The molecular formula is C16H13ClO2. The van der Waals surface area contributed by atoms with Crippen LogP contribution < -0.4 is 0 Å². The summed E-state index contributed by atoms with van der Waals surface area (Å²) >= 11 is 5.78. The Labute approximate surface area is 117 Å². The van der Waals surface area contributed by atoms with Crippen LogP contribution in [0.5, 0.6) is 0 Å². The predicted molar refractivity (Wildman–Crippen MR) is 76.7 cm³/mol. The van der Waals surface area contributed by atoms with Crippen LogP contribution in [0.3, 0.4) is 0 Å². The van der Waals surface area contributed by atoms with Gasteiger partial charge in [-0.25, -0.2) is 4.79 Å². The first-order valence-corrected chi connectivity index (χ1v) is 6.26. The van der Waals surface area contributed by atoms with Crippen molar-refractivity contribution in [2.75, 3.05) is 0 Å². The van der Waals surface area contributed by atoms with Gasteiger partial charge in [0.15, 0.2) is 0 Å². The minimum absolute atomic E-state index is 0.282. The minimum atomic E-state index is -0.362. The Morgan fingerprint density at radius 1 is 1.05 bits per heavy atom. The Morgan fingerprint density at radius 3 is 2.42 bits per heavy atom. The highest BCUT2D eigenvalue weighted by Crippen LogP contribution is 2.10. The standard InChI is InChI=1S/C16H13ClO2/c17-15-9-6-13(7-10-15)8-11-16(18)19-12-14-4-2-1-3-5-14/h1-11H,12H2/b11-8+. The van der Waals surface area contributed by atoms with E-state index < -0.39 is 0 Å². The molecule has 0 fully saturated rings. The minimum Gasteiger partial charge on any atom is -0.458 e. The number of carbonyl (C=O) groups is 1. The highest BCUT2D eigenvalue weighted by molar-refractivity contribution is 6.30. The van der Waals surface area contributed by atoms with Gasteiger partial charge in [0.25, 0.3) is 0 Å². The number of rotatable bonds is 4. The van der Waals surface area contributed by atoms with Gasteiger partial charge in [-0.1, -0.05) is 54.1 Å². The van der Waals surface area contributed by atoms with Crippen molar-refractivity contribution in [3.05, 3.63) is 76.8 Å². The van der Waals surface area contributed by atoms with Gasteiger partial charge >= 0.3 is 5.97 Å². The molecule has 0 aliphatic heterocycles. The summed E-state index contributed by atoms with van der Waals surface area (Å²) in [7, 11) is 0. The molecule has 96 valence electrons. The molecule has 0 N–H and O–H groups in total. The lowest BCUT2D eigenvalue weighted by atomic mass is 10.2. The van der Waals surface area contributed by atoms with Crippen molar-refractivity contribution in [2.24, 2.45) is 0 Å². The maximum absolute atomic E-state index is 11.5. The maximum atomic E-state index is 11.5. The third-order valence-electron chi connectivity index (χ3n) is 2.51. The predicted octanol–water partition coefficient (Wildman–Crippen LogP) is 4.10. The maximum Gasteiger partial charge on any atom is 0.331 e. The number of ether oxygens (including phenoxy) is 1. The second-order valence-electron chi connectivity index (χ2n) is 3.98. The fraction of sp³-hybridized carbons (Fsp3) is 0.0625. The molecular weight excluding hydrogens is 260 g/mol. The highest BCUT2D eigenvalue weighted by Gasteiger charge is 1.98.